The number of ether oxygens (including phenoxy) is 3. The quantitative estimate of drug-likeness (QED) is 0.523. The van der Waals surface area contributed by atoms with Crippen LogP contribution in [0.3, 0.4) is 0 Å². The highest BCUT2D eigenvalue weighted by molar-refractivity contribution is 5.87. The minimum atomic E-state index is -0.767. The summed E-state index contributed by atoms with van der Waals surface area (Å²) in [5, 5.41) is 0. The fourth-order valence-electron chi connectivity index (χ4n) is 1.55. The summed E-state index contributed by atoms with van der Waals surface area (Å²) in [5.41, 5.74) is 0. The fourth-order valence-corrected chi connectivity index (χ4v) is 1.55. The molecule has 0 saturated carbocycles. The van der Waals surface area contributed by atoms with E-state index in [1.165, 1.54) is 6.92 Å². The Morgan fingerprint density at radius 2 is 2.38 bits per heavy atom. The summed E-state index contributed by atoms with van der Waals surface area (Å²) >= 11 is 0. The maximum Gasteiger partial charge on any atom is 0.303 e. The van der Waals surface area contributed by atoms with Gasteiger partial charge in [0.2, 0.25) is 0 Å². The molecule has 2 heterocycles. The van der Waals surface area contributed by atoms with Crippen LogP contribution in [0, 0.1) is 0 Å². The van der Waals surface area contributed by atoms with Crippen molar-refractivity contribution in [3.05, 3.63) is 0 Å². The number of fused-ring (bicyclic) bond motifs is 2. The van der Waals surface area contributed by atoms with Gasteiger partial charge < -0.3 is 14.2 Å². The van der Waals surface area contributed by atoms with E-state index in [4.69, 9.17) is 14.2 Å². The number of hydrogen-bond acceptors (Lipinski definition) is 5. The molecule has 0 aromatic carbocycles. The van der Waals surface area contributed by atoms with Gasteiger partial charge in [0.25, 0.3) is 0 Å². The lowest BCUT2D eigenvalue weighted by Crippen LogP contribution is -2.43. The van der Waals surface area contributed by atoms with E-state index in [1.54, 1.807) is 0 Å². The summed E-state index contributed by atoms with van der Waals surface area (Å²) in [6.45, 7) is 1.60. The average molecular weight is 186 g/mol. The Morgan fingerprint density at radius 3 is 3.08 bits per heavy atom. The van der Waals surface area contributed by atoms with Crippen molar-refractivity contribution in [1.82, 2.24) is 0 Å². The van der Waals surface area contributed by atoms with Gasteiger partial charge in [0.1, 0.15) is 6.10 Å². The number of carbonyl (C=O) groups excluding carboxylic acids is 2. The van der Waals surface area contributed by atoms with Crippen molar-refractivity contribution in [3.63, 3.8) is 0 Å². The van der Waals surface area contributed by atoms with Crippen LogP contribution in [0.4, 0.5) is 0 Å². The van der Waals surface area contributed by atoms with Gasteiger partial charge in [-0.05, 0) is 0 Å². The largest absolute Gasteiger partial charge is 0.452 e. The average Bonchev–Trinajstić information content (AvgIpc) is 2.42. The number of esters is 1. The highest BCUT2D eigenvalue weighted by Crippen LogP contribution is 2.26. The van der Waals surface area contributed by atoms with Crippen molar-refractivity contribution in [1.29, 1.82) is 0 Å². The Balaban J connectivity index is 2.07. The Morgan fingerprint density at radius 1 is 1.62 bits per heavy atom. The molecule has 0 unspecified atom stereocenters. The molecule has 2 bridgehead atoms. The van der Waals surface area contributed by atoms with E-state index >= 15 is 0 Å². The zero-order valence-electron chi connectivity index (χ0n) is 7.19. The third-order valence-corrected chi connectivity index (χ3v) is 2.09. The minimum absolute atomic E-state index is 0.117. The van der Waals surface area contributed by atoms with E-state index in [-0.39, 0.29) is 12.2 Å². The van der Waals surface area contributed by atoms with Crippen LogP contribution >= 0.6 is 0 Å². The first-order valence-corrected chi connectivity index (χ1v) is 4.14. The maximum atomic E-state index is 11.4. The topological polar surface area (TPSA) is 61.8 Å². The lowest BCUT2D eigenvalue weighted by atomic mass is 10.1. The molecule has 2 saturated heterocycles. The zero-order chi connectivity index (χ0) is 9.42. The van der Waals surface area contributed by atoms with Gasteiger partial charge in [-0.1, -0.05) is 0 Å². The maximum absolute atomic E-state index is 11.4. The van der Waals surface area contributed by atoms with E-state index in [0.29, 0.717) is 6.61 Å². The molecular formula is C8H10O5. The number of Topliss-reactive ketones (excluding diaryl/α,β-unsaturated/α-hetero) is 1. The molecule has 0 amide bonds. The lowest BCUT2D eigenvalue weighted by molar-refractivity contribution is -0.174. The van der Waals surface area contributed by atoms with E-state index < -0.39 is 24.5 Å². The first-order valence-electron chi connectivity index (χ1n) is 4.14. The molecule has 2 aliphatic heterocycles. The Labute approximate surface area is 74.9 Å². The van der Waals surface area contributed by atoms with Gasteiger partial charge in [-0.15, -0.1) is 0 Å². The van der Waals surface area contributed by atoms with Gasteiger partial charge in [0.05, 0.1) is 13.0 Å². The molecule has 5 nitrogen and oxygen atoms in total. The van der Waals surface area contributed by atoms with Crippen LogP contribution in [0.1, 0.15) is 13.3 Å². The summed E-state index contributed by atoms with van der Waals surface area (Å²) in [6, 6.07) is 0. The van der Waals surface area contributed by atoms with E-state index in [9.17, 15) is 9.59 Å². The third kappa shape index (κ3) is 1.57. The Kier molecular flexibility index (Phi) is 2.05. The van der Waals surface area contributed by atoms with Crippen LogP contribution in [-0.4, -0.2) is 36.9 Å². The lowest BCUT2D eigenvalue weighted by Gasteiger charge is -2.25. The second-order valence-electron chi connectivity index (χ2n) is 3.14. The molecule has 0 aromatic rings. The molecule has 3 atom stereocenters. The molecule has 0 aliphatic carbocycles. The molecule has 5 heteroatoms. The number of ketones is 1. The smallest absolute Gasteiger partial charge is 0.303 e. The highest BCUT2D eigenvalue weighted by Gasteiger charge is 2.45. The van der Waals surface area contributed by atoms with Crippen LogP contribution in [-0.2, 0) is 23.8 Å². The molecule has 0 aromatic heterocycles. The molecule has 2 aliphatic rings. The SMILES string of the molecule is CC(=O)O[C@@H]1C(=O)C[C@@H]2OC[C@H]1O2. The predicted octanol–water partition coefficient (Wildman–Crippen LogP) is -0.368. The molecule has 13 heavy (non-hydrogen) atoms. The molecule has 2 rings (SSSR count). The monoisotopic (exact) mass is 186 g/mol. The van der Waals surface area contributed by atoms with E-state index in [2.05, 4.69) is 0 Å². The van der Waals surface area contributed by atoms with Gasteiger partial charge in [-0.2, -0.15) is 0 Å². The van der Waals surface area contributed by atoms with Crippen molar-refractivity contribution < 1.29 is 23.8 Å². The van der Waals surface area contributed by atoms with E-state index in [1.807, 2.05) is 0 Å². The minimum Gasteiger partial charge on any atom is -0.452 e. The summed E-state index contributed by atoms with van der Waals surface area (Å²) < 4.78 is 15.2. The number of carbonyl (C=O) groups is 2. The molecule has 0 spiro atoms. The van der Waals surface area contributed by atoms with E-state index in [0.717, 1.165) is 0 Å². The second-order valence-corrected chi connectivity index (χ2v) is 3.14. The van der Waals surface area contributed by atoms with Crippen LogP contribution in [0.2, 0.25) is 0 Å². The van der Waals surface area contributed by atoms with Gasteiger partial charge in [-0.3, -0.25) is 9.59 Å². The van der Waals surface area contributed by atoms with Gasteiger partial charge in [0.15, 0.2) is 18.2 Å². The first-order chi connectivity index (χ1) is 6.16. The molecule has 72 valence electrons. The summed E-state index contributed by atoms with van der Waals surface area (Å²) in [5.74, 6) is -0.582. The van der Waals surface area contributed by atoms with Crippen LogP contribution in [0.25, 0.3) is 0 Å². The molecule has 2 fully saturated rings. The third-order valence-electron chi connectivity index (χ3n) is 2.09. The fraction of sp³-hybridized carbons (Fsp3) is 0.750. The Bertz CT molecular complexity index is 249. The van der Waals surface area contributed by atoms with Crippen molar-refractivity contribution >= 4 is 11.8 Å². The van der Waals surface area contributed by atoms with Gasteiger partial charge in [0, 0.05) is 6.92 Å². The number of hydrogen-bond donors (Lipinski definition) is 0. The Hall–Kier alpha value is -0.940. The van der Waals surface area contributed by atoms with Crippen LogP contribution < -0.4 is 0 Å². The first kappa shape index (κ1) is 8.65. The van der Waals surface area contributed by atoms with Crippen molar-refractivity contribution in [3.8, 4) is 0 Å². The summed E-state index contributed by atoms with van der Waals surface area (Å²) in [6.07, 6.45) is -1.43. The van der Waals surface area contributed by atoms with Gasteiger partial charge in [-0.25, -0.2) is 0 Å². The zero-order valence-corrected chi connectivity index (χ0v) is 7.19. The van der Waals surface area contributed by atoms with Crippen molar-refractivity contribution in [2.75, 3.05) is 6.61 Å². The normalized spacial score (nSPS) is 37.6. The van der Waals surface area contributed by atoms with Crippen molar-refractivity contribution in [2.24, 2.45) is 0 Å². The summed E-state index contributed by atoms with van der Waals surface area (Å²) in [4.78, 5) is 22.0. The number of rotatable bonds is 1. The molecule has 0 N–H and O–H groups in total. The molecular weight excluding hydrogens is 176 g/mol. The van der Waals surface area contributed by atoms with Gasteiger partial charge >= 0.3 is 5.97 Å². The summed E-state index contributed by atoms with van der Waals surface area (Å²) in [7, 11) is 0. The van der Waals surface area contributed by atoms with Crippen LogP contribution in [0.5, 0.6) is 0 Å². The predicted molar refractivity (Wildman–Crippen MR) is 39.8 cm³/mol. The highest BCUT2D eigenvalue weighted by atomic mass is 16.7. The standard InChI is InChI=1S/C8H10O5/c1-4(9)12-8-5(10)2-7-11-3-6(8)13-7/h6-8H,2-3H2,1H3/t6-,7-,8-/m1/s1. The molecule has 0 radical (unpaired) electrons. The van der Waals surface area contributed by atoms with Crippen LogP contribution in [0.15, 0.2) is 0 Å². The second kappa shape index (κ2) is 3.08. The van der Waals surface area contributed by atoms with Crippen molar-refractivity contribution in [2.45, 2.75) is 31.8 Å².